The highest BCUT2D eigenvalue weighted by molar-refractivity contribution is 5.92. The molecule has 4 heterocycles. The minimum Gasteiger partial charge on any atom is -0.335 e. The van der Waals surface area contributed by atoms with Gasteiger partial charge in [-0.2, -0.15) is 5.10 Å². The highest BCUT2D eigenvalue weighted by Gasteiger charge is 2.36. The van der Waals surface area contributed by atoms with Gasteiger partial charge in [-0.15, -0.1) is 0 Å². The number of aromatic nitrogens is 4. The van der Waals surface area contributed by atoms with Gasteiger partial charge in [-0.1, -0.05) is 24.3 Å². The van der Waals surface area contributed by atoms with E-state index in [0.29, 0.717) is 25.7 Å². The molecule has 2 aliphatic heterocycles. The van der Waals surface area contributed by atoms with Crippen LogP contribution >= 0.6 is 0 Å². The van der Waals surface area contributed by atoms with Gasteiger partial charge in [0.1, 0.15) is 19.2 Å². The van der Waals surface area contributed by atoms with Crippen molar-refractivity contribution in [1.29, 1.82) is 0 Å². The first kappa shape index (κ1) is 23.2. The van der Waals surface area contributed by atoms with Crippen molar-refractivity contribution in [1.82, 2.24) is 29.5 Å². The first-order valence-electron chi connectivity index (χ1n) is 12.2. The molecule has 2 aliphatic rings. The highest BCUT2D eigenvalue weighted by atomic mass is 16.2. The lowest BCUT2D eigenvalue weighted by molar-refractivity contribution is -0.133. The summed E-state index contributed by atoms with van der Waals surface area (Å²) in [5.74, 6) is 0.00294. The van der Waals surface area contributed by atoms with Gasteiger partial charge in [-0.25, -0.2) is 9.67 Å². The molecule has 0 unspecified atom stereocenters. The highest BCUT2D eigenvalue weighted by Crippen LogP contribution is 2.32. The van der Waals surface area contributed by atoms with Gasteiger partial charge in [0.25, 0.3) is 0 Å². The molecular formula is C26H31N7O2. The maximum Gasteiger partial charge on any atom is 0.244 e. The fraction of sp³-hybridized carbons (Fsp3) is 0.423. The van der Waals surface area contributed by atoms with E-state index in [1.165, 1.54) is 6.33 Å². The molecule has 2 atom stereocenters. The predicted octanol–water partition coefficient (Wildman–Crippen LogP) is 2.49. The number of rotatable bonds is 4. The van der Waals surface area contributed by atoms with E-state index in [0.717, 1.165) is 42.8 Å². The molecule has 0 aliphatic carbocycles. The zero-order chi connectivity index (χ0) is 24.2. The lowest BCUT2D eigenvalue weighted by atomic mass is 10.1. The lowest BCUT2D eigenvalue weighted by Gasteiger charge is -2.33. The number of anilines is 1. The summed E-state index contributed by atoms with van der Waals surface area (Å²) in [6.07, 6.45) is 7.75. The molecule has 1 fully saturated rings. The van der Waals surface area contributed by atoms with Crippen LogP contribution in [0.4, 0.5) is 5.69 Å². The van der Waals surface area contributed by atoms with Gasteiger partial charge in [0, 0.05) is 57.1 Å². The van der Waals surface area contributed by atoms with Crippen LogP contribution in [-0.4, -0.2) is 66.5 Å². The minimum absolute atomic E-state index is 0.0137. The molecule has 0 radical (unpaired) electrons. The largest absolute Gasteiger partial charge is 0.335 e. The maximum absolute atomic E-state index is 13.5. The van der Waals surface area contributed by atoms with Gasteiger partial charge < -0.3 is 9.80 Å². The third-order valence-electron chi connectivity index (χ3n) is 7.10. The Morgan fingerprint density at radius 3 is 2.63 bits per heavy atom. The van der Waals surface area contributed by atoms with E-state index in [2.05, 4.69) is 26.0 Å². The normalized spacial score (nSPS) is 20.8. The van der Waals surface area contributed by atoms with Gasteiger partial charge in [0.15, 0.2) is 0 Å². The number of pyridine rings is 1. The lowest BCUT2D eigenvalue weighted by Crippen LogP contribution is -2.45. The Morgan fingerprint density at radius 2 is 1.86 bits per heavy atom. The number of carbonyl (C=O) groups is 2. The van der Waals surface area contributed by atoms with Gasteiger partial charge in [0.2, 0.25) is 11.8 Å². The maximum atomic E-state index is 13.5. The van der Waals surface area contributed by atoms with Crippen LogP contribution in [0.2, 0.25) is 0 Å². The number of amides is 2. The van der Waals surface area contributed by atoms with Gasteiger partial charge in [-0.3, -0.25) is 19.5 Å². The van der Waals surface area contributed by atoms with E-state index in [4.69, 9.17) is 0 Å². The molecule has 0 saturated carbocycles. The van der Waals surface area contributed by atoms with Crippen LogP contribution in [0.3, 0.4) is 0 Å². The van der Waals surface area contributed by atoms with Crippen molar-refractivity contribution in [3.8, 4) is 0 Å². The van der Waals surface area contributed by atoms with Crippen LogP contribution in [0.15, 0.2) is 61.3 Å². The van der Waals surface area contributed by atoms with Crippen LogP contribution in [0.5, 0.6) is 0 Å². The Morgan fingerprint density at radius 1 is 1.03 bits per heavy atom. The molecule has 9 heteroatoms. The van der Waals surface area contributed by atoms with Crippen LogP contribution in [0, 0.1) is 0 Å². The molecule has 1 aromatic carbocycles. The average molecular weight is 474 g/mol. The van der Waals surface area contributed by atoms with Gasteiger partial charge in [-0.05, 0) is 43.0 Å². The van der Waals surface area contributed by atoms with E-state index in [9.17, 15) is 9.59 Å². The summed E-state index contributed by atoms with van der Waals surface area (Å²) in [5, 5.41) is 4.13. The third-order valence-corrected chi connectivity index (χ3v) is 7.10. The number of hydrogen-bond donors (Lipinski definition) is 0. The number of carbonyl (C=O) groups excluding carboxylic acids is 2. The molecule has 0 N–H and O–H groups in total. The Hall–Kier alpha value is -3.59. The number of nitrogens with zero attached hydrogens (tertiary/aromatic N) is 7. The molecule has 2 aromatic heterocycles. The molecule has 35 heavy (non-hydrogen) atoms. The van der Waals surface area contributed by atoms with E-state index >= 15 is 0 Å². The Labute approximate surface area is 205 Å². The van der Waals surface area contributed by atoms with Crippen molar-refractivity contribution in [3.63, 3.8) is 0 Å². The minimum atomic E-state index is -0.0137. The molecule has 182 valence electrons. The number of fused-ring (bicyclic) bond motifs is 3. The molecule has 1 saturated heterocycles. The molecule has 3 aromatic rings. The second kappa shape index (κ2) is 10.4. The van der Waals surface area contributed by atoms with E-state index in [1.54, 1.807) is 17.9 Å². The second-order valence-corrected chi connectivity index (χ2v) is 9.33. The van der Waals surface area contributed by atoms with Crippen molar-refractivity contribution < 1.29 is 9.59 Å². The molecule has 2 amide bonds. The van der Waals surface area contributed by atoms with Crippen LogP contribution in [-0.2, 0) is 29.2 Å². The number of benzene rings is 1. The first-order chi connectivity index (χ1) is 17.1. The summed E-state index contributed by atoms with van der Waals surface area (Å²) in [4.78, 5) is 41.0. The molecule has 5 rings (SSSR count). The zero-order valence-electron chi connectivity index (χ0n) is 20.0. The summed E-state index contributed by atoms with van der Waals surface area (Å²) in [6.45, 7) is 4.18. The average Bonchev–Trinajstić information content (AvgIpc) is 3.49. The van der Waals surface area contributed by atoms with Crippen molar-refractivity contribution in [2.24, 2.45) is 0 Å². The Kier molecular flexibility index (Phi) is 6.85. The zero-order valence-corrected chi connectivity index (χ0v) is 20.0. The van der Waals surface area contributed by atoms with Crippen LogP contribution in [0.25, 0.3) is 0 Å². The van der Waals surface area contributed by atoms with Crippen molar-refractivity contribution in [2.75, 3.05) is 18.0 Å². The van der Waals surface area contributed by atoms with Gasteiger partial charge >= 0.3 is 0 Å². The van der Waals surface area contributed by atoms with Gasteiger partial charge in [0.05, 0.1) is 5.69 Å². The fourth-order valence-electron chi connectivity index (χ4n) is 5.36. The first-order valence-corrected chi connectivity index (χ1v) is 12.2. The summed E-state index contributed by atoms with van der Waals surface area (Å²) < 4.78 is 1.56. The van der Waals surface area contributed by atoms with Crippen LogP contribution < -0.4 is 4.90 Å². The van der Waals surface area contributed by atoms with Crippen molar-refractivity contribution >= 4 is 17.5 Å². The van der Waals surface area contributed by atoms with Crippen LogP contribution in [0.1, 0.15) is 37.4 Å². The number of hydrogen-bond acceptors (Lipinski definition) is 6. The SMILES string of the molecule is CC(=O)N1CC[C@@H]2CC[C@H](CN(C(=O)Cn3cncn3)Cc3ccccc31)N2Cc1ccccn1. The van der Waals surface area contributed by atoms with Crippen molar-refractivity contribution in [2.45, 2.75) is 57.9 Å². The molecule has 2 bridgehead atoms. The Balaban J connectivity index is 1.49. The topological polar surface area (TPSA) is 87.5 Å². The fourth-order valence-corrected chi connectivity index (χ4v) is 5.36. The summed E-state index contributed by atoms with van der Waals surface area (Å²) >= 11 is 0. The summed E-state index contributed by atoms with van der Waals surface area (Å²) in [6, 6.07) is 14.5. The summed E-state index contributed by atoms with van der Waals surface area (Å²) in [7, 11) is 0. The number of para-hydroxylation sites is 1. The molecule has 0 spiro atoms. The monoisotopic (exact) mass is 473 g/mol. The van der Waals surface area contributed by atoms with Crippen molar-refractivity contribution in [3.05, 3.63) is 72.6 Å². The quantitative estimate of drug-likeness (QED) is 0.579. The third kappa shape index (κ3) is 5.24. The predicted molar refractivity (Wildman–Crippen MR) is 131 cm³/mol. The molecular weight excluding hydrogens is 442 g/mol. The van der Waals surface area contributed by atoms with E-state index in [1.807, 2.05) is 52.4 Å². The second-order valence-electron chi connectivity index (χ2n) is 9.33. The summed E-state index contributed by atoms with van der Waals surface area (Å²) in [5.41, 5.74) is 2.88. The van der Waals surface area contributed by atoms with E-state index < -0.39 is 0 Å². The Bertz CT molecular complexity index is 1150. The molecule has 9 nitrogen and oxygen atoms in total. The van der Waals surface area contributed by atoms with E-state index in [-0.39, 0.29) is 24.4 Å². The standard InChI is InChI=1S/C26H31N7O2/c1-20(34)32-13-11-23-9-10-24(33(23)15-22-7-4-5-12-28-22)16-30(14-21-6-2-3-8-25(21)32)26(35)17-31-19-27-18-29-31/h2-8,12,18-19,23-24H,9-11,13-17H2,1H3/t23-,24+/m0/s1. The smallest absolute Gasteiger partial charge is 0.244 e.